The number of allylic oxidation sites excluding steroid dienone is 2. The zero-order chi connectivity index (χ0) is 22.1. The molecule has 0 saturated carbocycles. The fraction of sp³-hybridized carbons (Fsp3) is 0.370. The zero-order valence-corrected chi connectivity index (χ0v) is 19.4. The fourth-order valence-corrected chi connectivity index (χ4v) is 5.75. The molecule has 2 aliphatic rings. The van der Waals surface area contributed by atoms with Gasteiger partial charge in [-0.2, -0.15) is 0 Å². The Labute approximate surface area is 190 Å². The first-order valence-electron chi connectivity index (χ1n) is 11.0. The summed E-state index contributed by atoms with van der Waals surface area (Å²) in [6.45, 7) is 8.47. The molecular formula is C27H31NO2S. The number of aliphatic hydroxyl groups is 1. The third-order valence-electron chi connectivity index (χ3n) is 6.44. The predicted molar refractivity (Wildman–Crippen MR) is 128 cm³/mol. The lowest BCUT2D eigenvalue weighted by Gasteiger charge is -2.46. The van der Waals surface area contributed by atoms with Gasteiger partial charge in [0.15, 0.2) is 5.78 Å². The molecule has 2 aromatic rings. The number of piperidine rings is 1. The number of fused-ring (bicyclic) bond motifs is 1. The molecule has 1 heterocycles. The van der Waals surface area contributed by atoms with Gasteiger partial charge in [0.1, 0.15) is 0 Å². The average Bonchev–Trinajstić information content (AvgIpc) is 2.74. The Morgan fingerprint density at radius 2 is 1.81 bits per heavy atom. The largest absolute Gasteiger partial charge is 0.515 e. The van der Waals surface area contributed by atoms with Gasteiger partial charge in [-0.1, -0.05) is 68.8 Å². The first-order valence-corrected chi connectivity index (χ1v) is 11.7. The number of aliphatic hydroxyl groups excluding tert-OH is 1. The van der Waals surface area contributed by atoms with Crippen LogP contribution in [0.2, 0.25) is 0 Å². The van der Waals surface area contributed by atoms with Gasteiger partial charge in [-0.3, -0.25) is 4.79 Å². The van der Waals surface area contributed by atoms with Crippen molar-refractivity contribution < 1.29 is 9.90 Å². The van der Waals surface area contributed by atoms with E-state index in [2.05, 4.69) is 73.6 Å². The normalized spacial score (nSPS) is 23.5. The van der Waals surface area contributed by atoms with E-state index in [1.807, 2.05) is 6.07 Å². The first-order chi connectivity index (χ1) is 14.8. The van der Waals surface area contributed by atoms with E-state index in [4.69, 9.17) is 0 Å². The van der Waals surface area contributed by atoms with E-state index in [-0.39, 0.29) is 16.6 Å². The summed E-state index contributed by atoms with van der Waals surface area (Å²) in [6, 6.07) is 19.4. The third-order valence-corrected chi connectivity index (χ3v) is 7.49. The van der Waals surface area contributed by atoms with Crippen LogP contribution in [-0.2, 0) is 16.6 Å². The summed E-state index contributed by atoms with van der Waals surface area (Å²) in [7, 11) is 0. The highest BCUT2D eigenvalue weighted by Gasteiger charge is 2.44. The molecule has 1 N–H and O–H groups in total. The van der Waals surface area contributed by atoms with E-state index < -0.39 is 0 Å². The summed E-state index contributed by atoms with van der Waals surface area (Å²) < 4.78 is 2.43. The van der Waals surface area contributed by atoms with Gasteiger partial charge in [0.25, 0.3) is 0 Å². The van der Waals surface area contributed by atoms with E-state index in [9.17, 15) is 9.90 Å². The first kappa shape index (κ1) is 21.9. The lowest BCUT2D eigenvalue weighted by molar-refractivity contribution is -0.112. The molecule has 162 valence electrons. The van der Waals surface area contributed by atoms with Gasteiger partial charge in [-0.15, -0.1) is 0 Å². The Morgan fingerprint density at radius 1 is 1.10 bits per heavy atom. The number of hydrogen-bond acceptors (Lipinski definition) is 4. The molecule has 4 rings (SSSR count). The van der Waals surface area contributed by atoms with Crippen molar-refractivity contribution in [3.05, 3.63) is 89.2 Å². The molecule has 1 unspecified atom stereocenters. The van der Waals surface area contributed by atoms with Crippen LogP contribution < -0.4 is 0 Å². The zero-order valence-electron chi connectivity index (χ0n) is 18.6. The van der Waals surface area contributed by atoms with Gasteiger partial charge in [-0.05, 0) is 66.0 Å². The van der Waals surface area contributed by atoms with Crippen LogP contribution in [0.3, 0.4) is 0 Å². The number of ketones is 1. The summed E-state index contributed by atoms with van der Waals surface area (Å²) >= 11 is 1.80. The van der Waals surface area contributed by atoms with Gasteiger partial charge in [0, 0.05) is 29.0 Å². The maximum Gasteiger partial charge on any atom is 0.184 e. The van der Waals surface area contributed by atoms with Crippen molar-refractivity contribution >= 4 is 17.7 Å². The minimum absolute atomic E-state index is 0.0416. The molecule has 1 fully saturated rings. The number of carbonyl (C=O) groups excluding carboxylic acids is 1. The molecule has 1 aliphatic heterocycles. The summed E-state index contributed by atoms with van der Waals surface area (Å²) in [5.41, 5.74) is 4.33. The Balaban J connectivity index is 1.59. The molecule has 3 nitrogen and oxygen atoms in total. The van der Waals surface area contributed by atoms with E-state index >= 15 is 0 Å². The maximum atomic E-state index is 12.4. The average molecular weight is 434 g/mol. The number of nitrogens with zero attached hydrogens (tertiary/aromatic N) is 1. The Morgan fingerprint density at radius 3 is 2.45 bits per heavy atom. The third kappa shape index (κ3) is 4.81. The second-order valence-electron chi connectivity index (χ2n) is 9.79. The van der Waals surface area contributed by atoms with Crippen LogP contribution in [-0.4, -0.2) is 28.3 Å². The molecule has 0 bridgehead atoms. The Hall–Kier alpha value is -2.30. The SMILES string of the molecule is CC(C)(C)c1ccc(SN2CCC3=CC(=O)/C(=C\O)CC3(Cc3ccccc3)C2)cc1. The lowest BCUT2D eigenvalue weighted by atomic mass is 9.65. The van der Waals surface area contributed by atoms with Crippen molar-refractivity contribution in [2.75, 3.05) is 13.1 Å². The summed E-state index contributed by atoms with van der Waals surface area (Å²) in [5, 5.41) is 9.69. The number of benzene rings is 2. The molecule has 0 spiro atoms. The van der Waals surface area contributed by atoms with E-state index in [1.54, 1.807) is 18.0 Å². The van der Waals surface area contributed by atoms with Crippen LogP contribution in [0.5, 0.6) is 0 Å². The fourth-order valence-electron chi connectivity index (χ4n) is 4.70. The number of carbonyl (C=O) groups is 1. The molecular weight excluding hydrogens is 402 g/mol. The van der Waals surface area contributed by atoms with Crippen LogP contribution in [0.4, 0.5) is 0 Å². The number of rotatable bonds is 4. The molecule has 0 radical (unpaired) electrons. The Kier molecular flexibility index (Phi) is 6.14. The molecule has 0 amide bonds. The molecule has 0 aromatic heterocycles. The highest BCUT2D eigenvalue weighted by molar-refractivity contribution is 7.97. The molecule has 1 atom stereocenters. The van der Waals surface area contributed by atoms with Crippen molar-refractivity contribution in [3.8, 4) is 0 Å². The quantitative estimate of drug-likeness (QED) is 0.351. The van der Waals surface area contributed by atoms with Crippen LogP contribution in [0.25, 0.3) is 0 Å². The van der Waals surface area contributed by atoms with E-state index in [0.29, 0.717) is 12.0 Å². The van der Waals surface area contributed by atoms with E-state index in [1.165, 1.54) is 21.6 Å². The minimum Gasteiger partial charge on any atom is -0.515 e. The maximum absolute atomic E-state index is 12.4. The Bertz CT molecular complexity index is 1000. The van der Waals surface area contributed by atoms with Gasteiger partial charge < -0.3 is 5.11 Å². The van der Waals surface area contributed by atoms with Crippen LogP contribution >= 0.6 is 11.9 Å². The molecule has 31 heavy (non-hydrogen) atoms. The molecule has 2 aromatic carbocycles. The number of hydrogen-bond donors (Lipinski definition) is 1. The van der Waals surface area contributed by atoms with E-state index in [0.717, 1.165) is 32.2 Å². The highest BCUT2D eigenvalue weighted by Crippen LogP contribution is 2.48. The van der Waals surface area contributed by atoms with Crippen molar-refractivity contribution in [2.45, 2.75) is 50.3 Å². The van der Waals surface area contributed by atoms with Crippen molar-refractivity contribution in [1.82, 2.24) is 4.31 Å². The van der Waals surface area contributed by atoms with Gasteiger partial charge in [0.05, 0.1) is 6.26 Å². The second-order valence-corrected chi connectivity index (χ2v) is 11.0. The van der Waals surface area contributed by atoms with Crippen molar-refractivity contribution in [1.29, 1.82) is 0 Å². The van der Waals surface area contributed by atoms with Crippen molar-refractivity contribution in [3.63, 3.8) is 0 Å². The smallest absolute Gasteiger partial charge is 0.184 e. The minimum atomic E-state index is -0.166. The summed E-state index contributed by atoms with van der Waals surface area (Å²) in [4.78, 5) is 13.7. The predicted octanol–water partition coefficient (Wildman–Crippen LogP) is 6.27. The standard InChI is InChI=1S/C27H31NO2S/c1-26(2,3)22-9-11-24(12-10-22)31-28-14-13-23-15-25(30)21(18-29)17-27(23,19-28)16-20-7-5-4-6-8-20/h4-12,15,18,29H,13-14,16-17,19H2,1-3H3/b21-18-. The summed E-state index contributed by atoms with van der Waals surface area (Å²) in [6.07, 6.45) is 5.13. The molecule has 4 heteroatoms. The second kappa shape index (κ2) is 8.68. The van der Waals surface area contributed by atoms with Gasteiger partial charge in [-0.25, -0.2) is 4.31 Å². The highest BCUT2D eigenvalue weighted by atomic mass is 32.2. The van der Waals surface area contributed by atoms with Crippen LogP contribution in [0, 0.1) is 5.41 Å². The lowest BCUT2D eigenvalue weighted by Crippen LogP contribution is -2.45. The topological polar surface area (TPSA) is 40.5 Å². The monoisotopic (exact) mass is 433 g/mol. The van der Waals surface area contributed by atoms with Crippen LogP contribution in [0.15, 0.2) is 83.0 Å². The molecule has 1 aliphatic carbocycles. The van der Waals surface area contributed by atoms with Gasteiger partial charge >= 0.3 is 0 Å². The summed E-state index contributed by atoms with van der Waals surface area (Å²) in [5.74, 6) is -0.0416. The van der Waals surface area contributed by atoms with Crippen molar-refractivity contribution in [2.24, 2.45) is 5.41 Å². The molecule has 1 saturated heterocycles. The van der Waals surface area contributed by atoms with Gasteiger partial charge in [0.2, 0.25) is 0 Å². The van der Waals surface area contributed by atoms with Crippen LogP contribution in [0.1, 0.15) is 44.7 Å².